The molecular weight excluding hydrogens is 699 g/mol. The van der Waals surface area contributed by atoms with Gasteiger partial charge in [-0.25, -0.2) is 4.98 Å². The molecule has 3 nitrogen and oxygen atoms in total. The first-order chi connectivity index (χ1) is 27.5. The van der Waals surface area contributed by atoms with Gasteiger partial charge in [-0.2, -0.15) is 0 Å². The number of imidazole rings is 1. The Balaban J connectivity index is 1.13. The van der Waals surface area contributed by atoms with Crippen LogP contribution in [0.5, 0.6) is 0 Å². The van der Waals surface area contributed by atoms with Gasteiger partial charge in [-0.15, -0.1) is 11.3 Å². The molecular formula is C52H35N3S. The summed E-state index contributed by atoms with van der Waals surface area (Å²) in [6.07, 6.45) is 0. The molecule has 8 aromatic carbocycles. The van der Waals surface area contributed by atoms with E-state index in [-0.39, 0.29) is 5.41 Å². The summed E-state index contributed by atoms with van der Waals surface area (Å²) in [5.74, 6) is 0.933. The van der Waals surface area contributed by atoms with Crippen LogP contribution < -0.4 is 0 Å². The number of para-hydroxylation sites is 4. The molecule has 264 valence electrons. The summed E-state index contributed by atoms with van der Waals surface area (Å²) in [7, 11) is 0. The van der Waals surface area contributed by atoms with E-state index < -0.39 is 0 Å². The van der Waals surface area contributed by atoms with E-state index >= 15 is 0 Å². The number of thiophene rings is 1. The second-order valence-corrected chi connectivity index (χ2v) is 16.6. The first-order valence-electron chi connectivity index (χ1n) is 19.3. The van der Waals surface area contributed by atoms with Crippen LogP contribution in [0.25, 0.3) is 98.0 Å². The Morgan fingerprint density at radius 3 is 2.07 bits per heavy atom. The van der Waals surface area contributed by atoms with Gasteiger partial charge in [0.15, 0.2) is 0 Å². The zero-order valence-electron chi connectivity index (χ0n) is 31.0. The Morgan fingerprint density at radius 2 is 1.18 bits per heavy atom. The van der Waals surface area contributed by atoms with E-state index in [2.05, 4.69) is 199 Å². The lowest BCUT2D eigenvalue weighted by molar-refractivity contribution is 0.661. The van der Waals surface area contributed by atoms with Crippen LogP contribution in [0.15, 0.2) is 176 Å². The number of fused-ring (bicyclic) bond motifs is 10. The van der Waals surface area contributed by atoms with Crippen LogP contribution in [0.1, 0.15) is 25.0 Å². The molecule has 4 heteroatoms. The second-order valence-electron chi connectivity index (χ2n) is 15.6. The van der Waals surface area contributed by atoms with Crippen molar-refractivity contribution >= 4 is 64.3 Å². The van der Waals surface area contributed by atoms with Gasteiger partial charge in [0.2, 0.25) is 0 Å². The van der Waals surface area contributed by atoms with Gasteiger partial charge in [0.1, 0.15) is 5.82 Å². The van der Waals surface area contributed by atoms with Crippen LogP contribution >= 0.6 is 11.3 Å². The quantitative estimate of drug-likeness (QED) is 0.177. The third-order valence-corrected chi connectivity index (χ3v) is 13.3. The third kappa shape index (κ3) is 4.42. The maximum absolute atomic E-state index is 5.23. The van der Waals surface area contributed by atoms with Crippen molar-refractivity contribution in [2.24, 2.45) is 0 Å². The summed E-state index contributed by atoms with van der Waals surface area (Å²) in [5, 5.41) is 5.12. The number of nitrogens with zero attached hydrogens (tertiary/aromatic N) is 3. The zero-order valence-corrected chi connectivity index (χ0v) is 31.8. The van der Waals surface area contributed by atoms with Crippen molar-refractivity contribution in [3.63, 3.8) is 0 Å². The monoisotopic (exact) mass is 733 g/mol. The molecule has 0 saturated carbocycles. The highest BCUT2D eigenvalue weighted by Crippen LogP contribution is 2.51. The first kappa shape index (κ1) is 31.6. The Morgan fingerprint density at radius 1 is 0.446 bits per heavy atom. The predicted octanol–water partition coefficient (Wildman–Crippen LogP) is 14.1. The SMILES string of the molecule is CC1(C)c2ccccc2-c2cc3c4ccccc4n(-c4cc(-c5cccc(-c6nc7ccccc7n6-c6ccccc6)c5)c5sc6ccccc6c5c4)c3cc21. The fraction of sp³-hybridized carbons (Fsp3) is 0.0577. The summed E-state index contributed by atoms with van der Waals surface area (Å²) in [6, 6.07) is 64.5. The van der Waals surface area contributed by atoms with Gasteiger partial charge in [-0.3, -0.25) is 4.57 Å². The molecule has 0 radical (unpaired) electrons. The van der Waals surface area contributed by atoms with Crippen LogP contribution in [0.4, 0.5) is 0 Å². The zero-order chi connectivity index (χ0) is 37.1. The van der Waals surface area contributed by atoms with Crippen molar-refractivity contribution < 1.29 is 0 Å². The lowest BCUT2D eigenvalue weighted by Gasteiger charge is -2.21. The van der Waals surface area contributed by atoms with Gasteiger partial charge in [0.05, 0.1) is 22.1 Å². The molecule has 0 spiro atoms. The molecule has 3 heterocycles. The minimum atomic E-state index is -0.100. The highest BCUT2D eigenvalue weighted by atomic mass is 32.1. The van der Waals surface area contributed by atoms with Gasteiger partial charge in [0, 0.05) is 58.9 Å². The average Bonchev–Trinajstić information content (AvgIpc) is 3.97. The normalized spacial score (nSPS) is 13.3. The molecule has 12 rings (SSSR count). The van der Waals surface area contributed by atoms with E-state index in [0.717, 1.165) is 33.8 Å². The molecule has 1 aliphatic carbocycles. The molecule has 0 bridgehead atoms. The summed E-state index contributed by atoms with van der Waals surface area (Å²) in [4.78, 5) is 5.23. The van der Waals surface area contributed by atoms with Crippen molar-refractivity contribution in [2.45, 2.75) is 19.3 Å². The van der Waals surface area contributed by atoms with E-state index in [4.69, 9.17) is 4.98 Å². The Hall–Kier alpha value is -6.75. The maximum atomic E-state index is 5.23. The average molecular weight is 734 g/mol. The molecule has 0 fully saturated rings. The predicted molar refractivity (Wildman–Crippen MR) is 237 cm³/mol. The van der Waals surface area contributed by atoms with Crippen molar-refractivity contribution in [1.29, 1.82) is 0 Å². The van der Waals surface area contributed by atoms with Gasteiger partial charge < -0.3 is 4.57 Å². The largest absolute Gasteiger partial charge is 0.309 e. The van der Waals surface area contributed by atoms with Crippen LogP contribution in [0.3, 0.4) is 0 Å². The van der Waals surface area contributed by atoms with Crippen molar-refractivity contribution in [2.75, 3.05) is 0 Å². The lowest BCUT2D eigenvalue weighted by Crippen LogP contribution is -2.14. The fourth-order valence-electron chi connectivity index (χ4n) is 9.48. The minimum absolute atomic E-state index is 0.100. The highest BCUT2D eigenvalue weighted by Gasteiger charge is 2.36. The van der Waals surface area contributed by atoms with Crippen molar-refractivity contribution in [3.8, 4) is 45.0 Å². The molecule has 56 heavy (non-hydrogen) atoms. The molecule has 1 aliphatic rings. The van der Waals surface area contributed by atoms with Gasteiger partial charge in [0.25, 0.3) is 0 Å². The molecule has 0 amide bonds. The van der Waals surface area contributed by atoms with Crippen molar-refractivity contribution in [3.05, 3.63) is 187 Å². The molecule has 0 atom stereocenters. The van der Waals surface area contributed by atoms with Gasteiger partial charge >= 0.3 is 0 Å². The number of aromatic nitrogens is 3. The van der Waals surface area contributed by atoms with E-state index in [0.29, 0.717) is 0 Å². The number of rotatable bonds is 4. The number of benzene rings is 8. The summed E-state index contributed by atoms with van der Waals surface area (Å²) in [6.45, 7) is 4.74. The molecule has 0 aliphatic heterocycles. The van der Waals surface area contributed by atoms with E-state index in [9.17, 15) is 0 Å². The van der Waals surface area contributed by atoms with Crippen LogP contribution in [-0.4, -0.2) is 14.1 Å². The van der Waals surface area contributed by atoms with E-state index in [1.54, 1.807) is 0 Å². The number of hydrogen-bond acceptors (Lipinski definition) is 2. The van der Waals surface area contributed by atoms with Crippen LogP contribution in [0, 0.1) is 0 Å². The molecule has 0 saturated heterocycles. The fourth-order valence-corrected chi connectivity index (χ4v) is 10.7. The third-order valence-electron chi connectivity index (χ3n) is 12.1. The standard InChI is InChI=1S/C52H35N3S/c1-52(2)43-22-9-6-19-36(43)40-30-41-37-20-7-11-24-46(37)54(48(41)31-44(40)52)35-28-39(50-42(29-35)38-21-8-13-26-49(38)56-50)32-15-14-16-33(27-32)51-53-45-23-10-12-25-47(45)55(51)34-17-4-3-5-18-34/h3-31H,1-2H3. The van der Waals surface area contributed by atoms with Crippen LogP contribution in [0.2, 0.25) is 0 Å². The lowest BCUT2D eigenvalue weighted by atomic mass is 9.82. The molecule has 0 unspecified atom stereocenters. The summed E-state index contributed by atoms with van der Waals surface area (Å²) < 4.78 is 7.39. The smallest absolute Gasteiger partial charge is 0.145 e. The van der Waals surface area contributed by atoms with E-state index in [1.807, 2.05) is 11.3 Å². The molecule has 3 aromatic heterocycles. The van der Waals surface area contributed by atoms with Crippen molar-refractivity contribution in [1.82, 2.24) is 14.1 Å². The van der Waals surface area contributed by atoms with Gasteiger partial charge in [-0.1, -0.05) is 123 Å². The Kier molecular flexibility index (Phi) is 6.56. The van der Waals surface area contributed by atoms with Gasteiger partial charge in [-0.05, 0) is 94.5 Å². The molecule has 11 aromatic rings. The highest BCUT2D eigenvalue weighted by molar-refractivity contribution is 7.26. The summed E-state index contributed by atoms with van der Waals surface area (Å²) in [5.41, 5.74) is 15.6. The first-order valence-corrected chi connectivity index (χ1v) is 20.1. The Labute approximate surface area is 328 Å². The molecule has 0 N–H and O–H groups in total. The minimum Gasteiger partial charge on any atom is -0.309 e. The van der Waals surface area contributed by atoms with E-state index in [1.165, 1.54) is 75.4 Å². The maximum Gasteiger partial charge on any atom is 0.145 e. The number of hydrogen-bond donors (Lipinski definition) is 0. The topological polar surface area (TPSA) is 22.8 Å². The summed E-state index contributed by atoms with van der Waals surface area (Å²) >= 11 is 1.88. The Bertz CT molecular complexity index is 3400. The second kappa shape index (κ2) is 11.6. The van der Waals surface area contributed by atoms with Crippen LogP contribution in [-0.2, 0) is 5.41 Å².